The fourth-order valence-electron chi connectivity index (χ4n) is 1.76. The maximum atomic E-state index is 6.23. The Balaban J connectivity index is 1.98. The van der Waals surface area contributed by atoms with E-state index in [0.717, 1.165) is 36.0 Å². The van der Waals surface area contributed by atoms with E-state index in [1.807, 2.05) is 11.6 Å². The maximum Gasteiger partial charge on any atom is 0.0860 e. The fraction of sp³-hybridized carbons (Fsp3) is 0.417. The van der Waals surface area contributed by atoms with Gasteiger partial charge < -0.3 is 5.32 Å². The lowest BCUT2D eigenvalue weighted by Gasteiger charge is -2.06. The quantitative estimate of drug-likeness (QED) is 0.903. The highest BCUT2D eigenvalue weighted by Crippen LogP contribution is 2.20. The van der Waals surface area contributed by atoms with Gasteiger partial charge in [0.25, 0.3) is 0 Å². The highest BCUT2D eigenvalue weighted by molar-refractivity contribution is 7.07. The van der Waals surface area contributed by atoms with Crippen LogP contribution in [0.2, 0.25) is 5.02 Å². The molecule has 2 rings (SSSR count). The van der Waals surface area contributed by atoms with Crippen molar-refractivity contribution in [3.05, 3.63) is 38.8 Å². The van der Waals surface area contributed by atoms with Gasteiger partial charge in [-0.3, -0.25) is 4.68 Å². The van der Waals surface area contributed by atoms with E-state index >= 15 is 0 Å². The average Bonchev–Trinajstić information content (AvgIpc) is 2.92. The second-order valence-electron chi connectivity index (χ2n) is 3.90. The van der Waals surface area contributed by atoms with Gasteiger partial charge in [-0.2, -0.15) is 16.4 Å². The third kappa shape index (κ3) is 2.89. The first-order valence-corrected chi connectivity index (χ1v) is 6.98. The van der Waals surface area contributed by atoms with Crippen molar-refractivity contribution in [2.24, 2.45) is 0 Å². The van der Waals surface area contributed by atoms with Crippen LogP contribution in [0.25, 0.3) is 0 Å². The van der Waals surface area contributed by atoms with Gasteiger partial charge in [0, 0.05) is 19.6 Å². The predicted octanol–water partition coefficient (Wildman–Crippen LogP) is 3.22. The molecule has 1 N–H and O–H groups in total. The highest BCUT2D eigenvalue weighted by Gasteiger charge is 2.11. The summed E-state index contributed by atoms with van der Waals surface area (Å²) in [5, 5.41) is 12.8. The summed E-state index contributed by atoms with van der Waals surface area (Å²) >= 11 is 7.95. The van der Waals surface area contributed by atoms with E-state index in [1.54, 1.807) is 11.3 Å². The van der Waals surface area contributed by atoms with E-state index in [1.165, 1.54) is 5.56 Å². The molecule has 0 aliphatic carbocycles. The fourth-order valence-corrected chi connectivity index (χ4v) is 2.63. The molecule has 2 heterocycles. The van der Waals surface area contributed by atoms with Crippen molar-refractivity contribution >= 4 is 22.9 Å². The van der Waals surface area contributed by atoms with E-state index in [4.69, 9.17) is 11.6 Å². The third-order valence-electron chi connectivity index (χ3n) is 2.65. The number of thiophene rings is 1. The largest absolute Gasteiger partial charge is 0.307 e. The number of aromatic nitrogens is 2. The molecule has 17 heavy (non-hydrogen) atoms. The standard InChI is InChI=1S/C12H16ClN3S/c1-3-16-11(12(13)9(2)15-16)7-14-6-10-4-5-17-8-10/h4-5,8,14H,3,6-7H2,1-2H3. The van der Waals surface area contributed by atoms with Crippen molar-refractivity contribution in [2.45, 2.75) is 33.5 Å². The van der Waals surface area contributed by atoms with Crippen LogP contribution in [0.15, 0.2) is 16.8 Å². The van der Waals surface area contributed by atoms with E-state index in [9.17, 15) is 0 Å². The summed E-state index contributed by atoms with van der Waals surface area (Å²) in [6, 6.07) is 2.13. The van der Waals surface area contributed by atoms with Crippen LogP contribution in [-0.2, 0) is 19.6 Å². The Bertz CT molecular complexity index is 476. The molecule has 0 saturated carbocycles. The van der Waals surface area contributed by atoms with Crippen molar-refractivity contribution in [2.75, 3.05) is 0 Å². The molecule has 5 heteroatoms. The maximum absolute atomic E-state index is 6.23. The molecule has 0 saturated heterocycles. The molecule has 0 amide bonds. The van der Waals surface area contributed by atoms with Crippen molar-refractivity contribution in [1.29, 1.82) is 0 Å². The van der Waals surface area contributed by atoms with Crippen molar-refractivity contribution in [1.82, 2.24) is 15.1 Å². The van der Waals surface area contributed by atoms with Crippen LogP contribution in [0.5, 0.6) is 0 Å². The molecule has 0 atom stereocenters. The second kappa shape index (κ2) is 5.67. The van der Waals surface area contributed by atoms with Crippen molar-refractivity contribution < 1.29 is 0 Å². The number of aryl methyl sites for hydroxylation is 2. The first kappa shape index (κ1) is 12.6. The van der Waals surface area contributed by atoms with Gasteiger partial charge >= 0.3 is 0 Å². The number of nitrogens with one attached hydrogen (secondary N) is 1. The molecule has 0 aliphatic rings. The lowest BCUT2D eigenvalue weighted by atomic mass is 10.3. The summed E-state index contributed by atoms with van der Waals surface area (Å²) in [6.07, 6.45) is 0. The van der Waals surface area contributed by atoms with Crippen LogP contribution < -0.4 is 5.32 Å². The van der Waals surface area contributed by atoms with Gasteiger partial charge in [0.2, 0.25) is 0 Å². The molecule has 0 unspecified atom stereocenters. The second-order valence-corrected chi connectivity index (χ2v) is 5.05. The van der Waals surface area contributed by atoms with Crippen LogP contribution in [0.3, 0.4) is 0 Å². The third-order valence-corrected chi connectivity index (χ3v) is 3.88. The van der Waals surface area contributed by atoms with Crippen LogP contribution in [0.4, 0.5) is 0 Å². The van der Waals surface area contributed by atoms with Crippen LogP contribution in [0, 0.1) is 6.92 Å². The van der Waals surface area contributed by atoms with E-state index in [-0.39, 0.29) is 0 Å². The molecule has 0 bridgehead atoms. The molecular formula is C12H16ClN3S. The summed E-state index contributed by atoms with van der Waals surface area (Å²) in [7, 11) is 0. The van der Waals surface area contributed by atoms with Crippen LogP contribution >= 0.6 is 22.9 Å². The summed E-state index contributed by atoms with van der Waals surface area (Å²) < 4.78 is 1.96. The Morgan fingerprint density at radius 2 is 2.29 bits per heavy atom. The Kier molecular flexibility index (Phi) is 4.20. The SMILES string of the molecule is CCn1nc(C)c(Cl)c1CNCc1ccsc1. The minimum Gasteiger partial charge on any atom is -0.307 e. The number of rotatable bonds is 5. The Labute approximate surface area is 110 Å². The normalized spacial score (nSPS) is 11.0. The van der Waals surface area contributed by atoms with Crippen LogP contribution in [-0.4, -0.2) is 9.78 Å². The number of nitrogens with zero attached hydrogens (tertiary/aromatic N) is 2. The highest BCUT2D eigenvalue weighted by atomic mass is 35.5. The Hall–Kier alpha value is -0.840. The Morgan fingerprint density at radius 1 is 1.47 bits per heavy atom. The van der Waals surface area contributed by atoms with E-state index in [2.05, 4.69) is 34.2 Å². The first-order chi connectivity index (χ1) is 8.22. The molecular weight excluding hydrogens is 254 g/mol. The molecule has 0 radical (unpaired) electrons. The molecule has 3 nitrogen and oxygen atoms in total. The van der Waals surface area contributed by atoms with Gasteiger partial charge in [0.05, 0.1) is 16.4 Å². The minimum atomic E-state index is 0.753. The Morgan fingerprint density at radius 3 is 2.94 bits per heavy atom. The van der Waals surface area contributed by atoms with Gasteiger partial charge in [0.1, 0.15) is 0 Å². The van der Waals surface area contributed by atoms with Gasteiger partial charge in [-0.15, -0.1) is 0 Å². The lowest BCUT2D eigenvalue weighted by molar-refractivity contribution is 0.579. The summed E-state index contributed by atoms with van der Waals surface area (Å²) in [6.45, 7) is 6.49. The lowest BCUT2D eigenvalue weighted by Crippen LogP contribution is -2.16. The molecule has 0 fully saturated rings. The summed E-state index contributed by atoms with van der Waals surface area (Å²) in [5.74, 6) is 0. The summed E-state index contributed by atoms with van der Waals surface area (Å²) in [4.78, 5) is 0. The molecule has 2 aromatic rings. The number of hydrogen-bond donors (Lipinski definition) is 1. The minimum absolute atomic E-state index is 0.753. The van der Waals surface area contributed by atoms with Gasteiger partial charge in [-0.1, -0.05) is 11.6 Å². The predicted molar refractivity (Wildman–Crippen MR) is 72.5 cm³/mol. The van der Waals surface area contributed by atoms with E-state index in [0.29, 0.717) is 0 Å². The average molecular weight is 270 g/mol. The van der Waals surface area contributed by atoms with Gasteiger partial charge in [-0.05, 0) is 36.2 Å². The zero-order chi connectivity index (χ0) is 12.3. The zero-order valence-corrected chi connectivity index (χ0v) is 11.6. The smallest absolute Gasteiger partial charge is 0.0860 e. The van der Waals surface area contributed by atoms with Crippen molar-refractivity contribution in [3.63, 3.8) is 0 Å². The number of hydrogen-bond acceptors (Lipinski definition) is 3. The zero-order valence-electron chi connectivity index (χ0n) is 10.0. The molecule has 0 spiro atoms. The van der Waals surface area contributed by atoms with Crippen LogP contribution in [0.1, 0.15) is 23.9 Å². The first-order valence-electron chi connectivity index (χ1n) is 5.66. The summed E-state index contributed by atoms with van der Waals surface area (Å²) in [5.41, 5.74) is 3.29. The van der Waals surface area contributed by atoms with Gasteiger partial charge in [0.15, 0.2) is 0 Å². The van der Waals surface area contributed by atoms with E-state index < -0.39 is 0 Å². The van der Waals surface area contributed by atoms with Gasteiger partial charge in [-0.25, -0.2) is 0 Å². The van der Waals surface area contributed by atoms with Crippen molar-refractivity contribution in [3.8, 4) is 0 Å². The molecule has 0 aromatic carbocycles. The monoisotopic (exact) mass is 269 g/mol. The topological polar surface area (TPSA) is 29.9 Å². The molecule has 0 aliphatic heterocycles. The number of halogens is 1. The molecule has 2 aromatic heterocycles. The molecule has 92 valence electrons.